The van der Waals surface area contributed by atoms with Gasteiger partial charge in [0.1, 0.15) is 18.3 Å². The molecule has 30 heavy (non-hydrogen) atoms. The van der Waals surface area contributed by atoms with Gasteiger partial charge in [0.2, 0.25) is 0 Å². The number of nitrogens with zero attached hydrogens (tertiary/aromatic N) is 7. The van der Waals surface area contributed by atoms with Gasteiger partial charge in [-0.15, -0.1) is 0 Å². The summed E-state index contributed by atoms with van der Waals surface area (Å²) >= 11 is 6.18. The fraction of sp³-hybridized carbons (Fsp3) is 0.150. The van der Waals surface area contributed by atoms with E-state index in [4.69, 9.17) is 11.6 Å². The van der Waals surface area contributed by atoms with Crippen molar-refractivity contribution in [1.82, 2.24) is 29.3 Å². The third-order valence-electron chi connectivity index (χ3n) is 4.57. The van der Waals surface area contributed by atoms with Crippen LogP contribution in [0, 0.1) is 25.2 Å². The van der Waals surface area contributed by atoms with E-state index in [2.05, 4.69) is 20.6 Å². The van der Waals surface area contributed by atoms with Gasteiger partial charge in [0.15, 0.2) is 11.5 Å². The maximum absolute atomic E-state index is 12.8. The summed E-state index contributed by atoms with van der Waals surface area (Å²) in [5.41, 5.74) is 2.73. The van der Waals surface area contributed by atoms with Crippen LogP contribution in [0.5, 0.6) is 0 Å². The van der Waals surface area contributed by atoms with E-state index in [9.17, 15) is 10.1 Å². The second-order valence-electron chi connectivity index (χ2n) is 6.59. The van der Waals surface area contributed by atoms with Gasteiger partial charge in [-0.3, -0.25) is 9.48 Å². The second-order valence-corrected chi connectivity index (χ2v) is 6.96. The number of benzene rings is 1. The van der Waals surface area contributed by atoms with Crippen LogP contribution >= 0.6 is 11.6 Å². The Bertz CT molecular complexity index is 1260. The molecule has 10 heteroatoms. The SMILES string of the molecule is Cc1nn(Cn2ccc(C(=O)Nc3c(C#N)cnn3-c3ccccc3)n2)c(C)c1Cl. The zero-order valence-corrected chi connectivity index (χ0v) is 17.0. The van der Waals surface area contributed by atoms with Gasteiger partial charge in [-0.2, -0.15) is 20.6 Å². The Morgan fingerprint density at radius 1 is 1.20 bits per heavy atom. The summed E-state index contributed by atoms with van der Waals surface area (Å²) < 4.78 is 4.81. The van der Waals surface area contributed by atoms with E-state index in [0.29, 0.717) is 11.7 Å². The number of carbonyl (C=O) groups is 1. The number of carbonyl (C=O) groups excluding carboxylic acids is 1. The standard InChI is InChI=1S/C20H17ClN8O/c1-13-18(21)14(2)28(25-13)12-27-9-8-17(26-27)20(30)24-19-15(10-22)11-23-29(19)16-6-4-3-5-7-16/h3-9,11H,12H2,1-2H3,(H,24,30). The minimum Gasteiger partial charge on any atom is -0.304 e. The Kier molecular flexibility index (Phi) is 5.08. The topological polar surface area (TPSA) is 106 Å². The molecule has 150 valence electrons. The molecule has 3 aromatic heterocycles. The van der Waals surface area contributed by atoms with Gasteiger partial charge in [0.25, 0.3) is 5.91 Å². The summed E-state index contributed by atoms with van der Waals surface area (Å²) in [7, 11) is 0. The number of hydrogen-bond donors (Lipinski definition) is 1. The van der Waals surface area contributed by atoms with E-state index < -0.39 is 5.91 Å². The maximum Gasteiger partial charge on any atom is 0.277 e. The molecule has 0 spiro atoms. The predicted octanol–water partition coefficient (Wildman–Crippen LogP) is 3.17. The number of aryl methyl sites for hydroxylation is 1. The van der Waals surface area contributed by atoms with Gasteiger partial charge in [-0.1, -0.05) is 29.8 Å². The van der Waals surface area contributed by atoms with Crippen molar-refractivity contribution in [2.75, 3.05) is 5.32 Å². The van der Waals surface area contributed by atoms with Crippen molar-refractivity contribution in [3.8, 4) is 11.8 Å². The number of para-hydroxylation sites is 1. The fourth-order valence-electron chi connectivity index (χ4n) is 3.00. The lowest BCUT2D eigenvalue weighted by atomic mass is 10.3. The van der Waals surface area contributed by atoms with Crippen LogP contribution in [0.25, 0.3) is 5.69 Å². The molecule has 0 aliphatic heterocycles. The molecule has 0 aliphatic rings. The average molecular weight is 421 g/mol. The first kappa shape index (κ1) is 19.4. The Morgan fingerprint density at radius 2 is 1.97 bits per heavy atom. The molecule has 1 amide bonds. The minimum atomic E-state index is -0.450. The molecule has 0 fully saturated rings. The van der Waals surface area contributed by atoms with E-state index >= 15 is 0 Å². The molecule has 0 atom stereocenters. The van der Waals surface area contributed by atoms with Crippen molar-refractivity contribution in [1.29, 1.82) is 5.26 Å². The average Bonchev–Trinajstić information content (AvgIpc) is 3.44. The minimum absolute atomic E-state index is 0.201. The molecular formula is C20H17ClN8O. The van der Waals surface area contributed by atoms with E-state index in [0.717, 1.165) is 17.1 Å². The molecule has 0 radical (unpaired) electrons. The number of nitrogens with one attached hydrogen (secondary N) is 1. The maximum atomic E-state index is 12.8. The van der Waals surface area contributed by atoms with Crippen molar-refractivity contribution in [2.24, 2.45) is 0 Å². The number of anilines is 1. The van der Waals surface area contributed by atoms with Gasteiger partial charge < -0.3 is 5.32 Å². The molecule has 4 aromatic rings. The van der Waals surface area contributed by atoms with Crippen LogP contribution in [-0.4, -0.2) is 35.2 Å². The fourth-order valence-corrected chi connectivity index (χ4v) is 3.13. The van der Waals surface area contributed by atoms with Crippen molar-refractivity contribution in [2.45, 2.75) is 20.5 Å². The molecular weight excluding hydrogens is 404 g/mol. The van der Waals surface area contributed by atoms with E-state index in [-0.39, 0.29) is 17.1 Å². The Balaban J connectivity index is 1.56. The van der Waals surface area contributed by atoms with Crippen LogP contribution in [0.4, 0.5) is 5.82 Å². The molecule has 9 nitrogen and oxygen atoms in total. The number of amides is 1. The number of nitriles is 1. The van der Waals surface area contributed by atoms with Gasteiger partial charge in [-0.05, 0) is 32.0 Å². The number of aromatic nitrogens is 6. The highest BCUT2D eigenvalue weighted by Gasteiger charge is 2.18. The highest BCUT2D eigenvalue weighted by molar-refractivity contribution is 6.31. The van der Waals surface area contributed by atoms with Crippen molar-refractivity contribution >= 4 is 23.3 Å². The monoisotopic (exact) mass is 420 g/mol. The third-order valence-corrected chi connectivity index (χ3v) is 5.11. The van der Waals surface area contributed by atoms with Crippen molar-refractivity contribution in [3.05, 3.63) is 76.5 Å². The molecule has 1 N–H and O–H groups in total. The molecule has 0 unspecified atom stereocenters. The molecule has 4 rings (SSSR count). The van der Waals surface area contributed by atoms with Crippen LogP contribution in [0.15, 0.2) is 48.8 Å². The lowest BCUT2D eigenvalue weighted by Crippen LogP contribution is -2.18. The van der Waals surface area contributed by atoms with Gasteiger partial charge in [0, 0.05) is 6.20 Å². The smallest absolute Gasteiger partial charge is 0.277 e. The van der Waals surface area contributed by atoms with Crippen LogP contribution in [0.2, 0.25) is 5.02 Å². The molecule has 3 heterocycles. The van der Waals surface area contributed by atoms with Crippen molar-refractivity contribution in [3.63, 3.8) is 0 Å². The number of hydrogen-bond acceptors (Lipinski definition) is 5. The van der Waals surface area contributed by atoms with Gasteiger partial charge in [0.05, 0.1) is 28.3 Å². The number of rotatable bonds is 5. The Hall–Kier alpha value is -3.90. The molecule has 0 saturated heterocycles. The van der Waals surface area contributed by atoms with Crippen LogP contribution in [0.1, 0.15) is 27.4 Å². The molecule has 0 aliphatic carbocycles. The Labute approximate surface area is 177 Å². The lowest BCUT2D eigenvalue weighted by molar-refractivity contribution is 0.102. The number of halogens is 1. The predicted molar refractivity (Wildman–Crippen MR) is 111 cm³/mol. The molecule has 0 saturated carbocycles. The summed E-state index contributed by atoms with van der Waals surface area (Å²) in [6.07, 6.45) is 3.09. The second kappa shape index (κ2) is 7.85. The van der Waals surface area contributed by atoms with E-state index in [1.54, 1.807) is 21.6 Å². The lowest BCUT2D eigenvalue weighted by Gasteiger charge is -2.08. The zero-order chi connectivity index (χ0) is 21.3. The molecule has 1 aromatic carbocycles. The first-order valence-electron chi connectivity index (χ1n) is 9.05. The zero-order valence-electron chi connectivity index (χ0n) is 16.2. The van der Waals surface area contributed by atoms with Crippen LogP contribution in [0.3, 0.4) is 0 Å². The molecule has 0 bridgehead atoms. The first-order valence-corrected chi connectivity index (χ1v) is 9.43. The van der Waals surface area contributed by atoms with Gasteiger partial charge >= 0.3 is 0 Å². The Morgan fingerprint density at radius 3 is 2.63 bits per heavy atom. The van der Waals surface area contributed by atoms with E-state index in [1.807, 2.05) is 50.2 Å². The van der Waals surface area contributed by atoms with Crippen molar-refractivity contribution < 1.29 is 4.79 Å². The highest BCUT2D eigenvalue weighted by Crippen LogP contribution is 2.21. The summed E-state index contributed by atoms with van der Waals surface area (Å²) in [5.74, 6) is -0.164. The summed E-state index contributed by atoms with van der Waals surface area (Å²) in [6, 6.07) is 12.9. The van der Waals surface area contributed by atoms with E-state index in [1.165, 1.54) is 10.9 Å². The summed E-state index contributed by atoms with van der Waals surface area (Å²) in [6.45, 7) is 4.02. The highest BCUT2D eigenvalue weighted by atomic mass is 35.5. The van der Waals surface area contributed by atoms with Crippen LogP contribution < -0.4 is 5.32 Å². The van der Waals surface area contributed by atoms with Gasteiger partial charge in [-0.25, -0.2) is 9.36 Å². The quantitative estimate of drug-likeness (QED) is 0.533. The van der Waals surface area contributed by atoms with Crippen LogP contribution in [-0.2, 0) is 6.67 Å². The largest absolute Gasteiger partial charge is 0.304 e. The normalized spacial score (nSPS) is 10.7. The summed E-state index contributed by atoms with van der Waals surface area (Å²) in [5, 5.41) is 25.6. The first-order chi connectivity index (χ1) is 14.5. The summed E-state index contributed by atoms with van der Waals surface area (Å²) in [4.78, 5) is 12.8. The third kappa shape index (κ3) is 3.56.